The first-order valence-electron chi connectivity index (χ1n) is 8.65. The molecule has 2 aromatic carbocycles. The molecule has 0 unspecified atom stereocenters. The lowest BCUT2D eigenvalue weighted by molar-refractivity contribution is -0.124. The van der Waals surface area contributed by atoms with Crippen LogP contribution in [0.4, 0.5) is 5.69 Å². The van der Waals surface area contributed by atoms with Gasteiger partial charge < -0.3 is 11.1 Å². The Morgan fingerprint density at radius 1 is 1.08 bits per heavy atom. The number of carbonyl (C=O) groups excluding carboxylic acids is 1. The van der Waals surface area contributed by atoms with Crippen LogP contribution in [0, 0.1) is 0 Å². The van der Waals surface area contributed by atoms with Gasteiger partial charge in [-0.15, -0.1) is 0 Å². The molecule has 1 aliphatic carbocycles. The molecule has 0 atom stereocenters. The minimum absolute atomic E-state index is 0.0978. The van der Waals surface area contributed by atoms with Crippen LogP contribution in [0.5, 0.6) is 0 Å². The molecule has 6 nitrogen and oxygen atoms in total. The van der Waals surface area contributed by atoms with Crippen molar-refractivity contribution in [3.8, 4) is 0 Å². The van der Waals surface area contributed by atoms with E-state index in [1.165, 1.54) is 12.1 Å². The third-order valence-corrected chi connectivity index (χ3v) is 6.27. The van der Waals surface area contributed by atoms with Crippen LogP contribution < -0.4 is 15.8 Å². The van der Waals surface area contributed by atoms with Gasteiger partial charge in [-0.05, 0) is 36.6 Å². The first kappa shape index (κ1) is 18.6. The molecule has 0 bridgehead atoms. The number of sulfonamides is 1. The fourth-order valence-corrected chi connectivity index (χ4v) is 4.30. The topological polar surface area (TPSA) is 101 Å². The van der Waals surface area contributed by atoms with Gasteiger partial charge in [-0.3, -0.25) is 4.79 Å². The van der Waals surface area contributed by atoms with Gasteiger partial charge in [0.25, 0.3) is 0 Å². The summed E-state index contributed by atoms with van der Waals surface area (Å²) in [7, 11) is -3.64. The molecule has 2 aromatic rings. The lowest BCUT2D eigenvalue weighted by Gasteiger charge is -2.40. The summed E-state index contributed by atoms with van der Waals surface area (Å²) in [5.74, 6) is -0.0978. The van der Waals surface area contributed by atoms with E-state index in [-0.39, 0.29) is 23.9 Å². The van der Waals surface area contributed by atoms with E-state index in [1.54, 1.807) is 12.1 Å². The number of nitrogens with two attached hydrogens (primary N) is 1. The number of hydrogen-bond donors (Lipinski definition) is 3. The highest BCUT2D eigenvalue weighted by Crippen LogP contribution is 2.44. The molecule has 0 radical (unpaired) electrons. The summed E-state index contributed by atoms with van der Waals surface area (Å²) in [5, 5.41) is 2.90. The lowest BCUT2D eigenvalue weighted by atomic mass is 9.64. The van der Waals surface area contributed by atoms with Crippen LogP contribution in [0.25, 0.3) is 0 Å². The number of amides is 1. The van der Waals surface area contributed by atoms with Gasteiger partial charge in [0.1, 0.15) is 0 Å². The van der Waals surface area contributed by atoms with E-state index in [2.05, 4.69) is 10.0 Å². The Bertz CT molecular complexity index is 878. The molecule has 0 aliphatic heterocycles. The molecule has 1 fully saturated rings. The minimum atomic E-state index is -3.64. The molecule has 138 valence electrons. The van der Waals surface area contributed by atoms with E-state index in [9.17, 15) is 13.2 Å². The first-order chi connectivity index (χ1) is 12.5. The number of benzene rings is 2. The maximum atomic E-state index is 13.0. The molecule has 3 rings (SSSR count). The zero-order valence-electron chi connectivity index (χ0n) is 14.4. The van der Waals surface area contributed by atoms with E-state index in [0.29, 0.717) is 5.69 Å². The first-order valence-corrected chi connectivity index (χ1v) is 10.1. The quantitative estimate of drug-likeness (QED) is 0.691. The maximum absolute atomic E-state index is 13.0. The molecule has 7 heteroatoms. The maximum Gasteiger partial charge on any atom is 0.240 e. The number of rotatable bonds is 7. The van der Waals surface area contributed by atoms with Gasteiger partial charge in [0.15, 0.2) is 0 Å². The molecule has 0 heterocycles. The van der Waals surface area contributed by atoms with Crippen molar-refractivity contribution >= 4 is 21.6 Å². The molecule has 0 spiro atoms. The van der Waals surface area contributed by atoms with Gasteiger partial charge in [-0.25, -0.2) is 13.1 Å². The summed E-state index contributed by atoms with van der Waals surface area (Å²) in [6.45, 7) is 0.380. The number of carbonyl (C=O) groups is 1. The fraction of sp³-hybridized carbons (Fsp3) is 0.316. The van der Waals surface area contributed by atoms with Gasteiger partial charge in [0.2, 0.25) is 15.9 Å². The van der Waals surface area contributed by atoms with Gasteiger partial charge >= 0.3 is 0 Å². The van der Waals surface area contributed by atoms with Crippen LogP contribution in [0.15, 0.2) is 59.5 Å². The highest BCUT2D eigenvalue weighted by Gasteiger charge is 2.45. The summed E-state index contributed by atoms with van der Waals surface area (Å²) < 4.78 is 26.9. The largest absolute Gasteiger partial charge is 0.329 e. The molecule has 0 aromatic heterocycles. The molecule has 1 aliphatic rings. The second-order valence-electron chi connectivity index (χ2n) is 6.47. The van der Waals surface area contributed by atoms with Crippen LogP contribution in [0.2, 0.25) is 0 Å². The van der Waals surface area contributed by atoms with E-state index in [4.69, 9.17) is 5.73 Å². The Labute approximate surface area is 153 Å². The van der Waals surface area contributed by atoms with Crippen molar-refractivity contribution in [1.29, 1.82) is 0 Å². The summed E-state index contributed by atoms with van der Waals surface area (Å²) >= 11 is 0. The van der Waals surface area contributed by atoms with Crippen LogP contribution in [0.3, 0.4) is 0 Å². The summed E-state index contributed by atoms with van der Waals surface area (Å²) in [6.07, 6.45) is 2.58. The van der Waals surface area contributed by atoms with Gasteiger partial charge in [-0.1, -0.05) is 42.8 Å². The van der Waals surface area contributed by atoms with Crippen molar-refractivity contribution in [2.75, 3.05) is 18.4 Å². The molecular weight excluding hydrogens is 350 g/mol. The van der Waals surface area contributed by atoms with Crippen molar-refractivity contribution in [3.63, 3.8) is 0 Å². The second kappa shape index (κ2) is 7.57. The smallest absolute Gasteiger partial charge is 0.240 e. The SMILES string of the molecule is NCCNS(=O)(=O)c1cccc(NC(=O)C2(c3ccccc3)CCC2)c1. The van der Waals surface area contributed by atoms with Crippen LogP contribution in [-0.4, -0.2) is 27.4 Å². The summed E-state index contributed by atoms with van der Waals surface area (Å²) in [5.41, 5.74) is 6.28. The third kappa shape index (κ3) is 3.65. The lowest BCUT2D eigenvalue weighted by Crippen LogP contribution is -2.46. The Morgan fingerprint density at radius 3 is 2.42 bits per heavy atom. The normalized spacial score (nSPS) is 15.9. The fourth-order valence-electron chi connectivity index (χ4n) is 3.20. The van der Waals surface area contributed by atoms with E-state index in [0.717, 1.165) is 24.8 Å². The monoisotopic (exact) mass is 373 g/mol. The molecular formula is C19H23N3O3S. The van der Waals surface area contributed by atoms with E-state index in [1.807, 2.05) is 30.3 Å². The summed E-state index contributed by atoms with van der Waals surface area (Å²) in [4.78, 5) is 13.1. The highest BCUT2D eigenvalue weighted by atomic mass is 32.2. The van der Waals surface area contributed by atoms with E-state index < -0.39 is 15.4 Å². The molecule has 4 N–H and O–H groups in total. The Morgan fingerprint density at radius 2 is 1.81 bits per heavy atom. The van der Waals surface area contributed by atoms with Gasteiger partial charge in [-0.2, -0.15) is 0 Å². The average Bonchev–Trinajstić information content (AvgIpc) is 2.60. The average molecular weight is 373 g/mol. The molecule has 26 heavy (non-hydrogen) atoms. The van der Waals surface area contributed by atoms with Gasteiger partial charge in [0.05, 0.1) is 10.3 Å². The zero-order valence-corrected chi connectivity index (χ0v) is 15.3. The van der Waals surface area contributed by atoms with Crippen LogP contribution in [0.1, 0.15) is 24.8 Å². The molecule has 0 saturated heterocycles. The number of anilines is 1. The molecule has 1 amide bonds. The predicted octanol–water partition coefficient (Wildman–Crippen LogP) is 1.98. The number of nitrogens with one attached hydrogen (secondary N) is 2. The Kier molecular flexibility index (Phi) is 5.41. The molecule has 1 saturated carbocycles. The van der Waals surface area contributed by atoms with Crippen LogP contribution >= 0.6 is 0 Å². The third-order valence-electron chi connectivity index (χ3n) is 4.81. The minimum Gasteiger partial charge on any atom is -0.329 e. The van der Waals surface area contributed by atoms with Crippen molar-refractivity contribution in [2.24, 2.45) is 5.73 Å². The standard InChI is InChI=1S/C19H23N3O3S/c20-12-13-21-26(24,25)17-9-4-8-16(14-17)22-18(23)19(10-5-11-19)15-6-2-1-3-7-15/h1-4,6-9,14,21H,5,10-13,20H2,(H,22,23). The predicted molar refractivity (Wildman–Crippen MR) is 101 cm³/mol. The van der Waals surface area contributed by atoms with Crippen molar-refractivity contribution in [1.82, 2.24) is 4.72 Å². The number of hydrogen-bond acceptors (Lipinski definition) is 4. The van der Waals surface area contributed by atoms with E-state index >= 15 is 0 Å². The van der Waals surface area contributed by atoms with Gasteiger partial charge in [0, 0.05) is 18.8 Å². The summed E-state index contributed by atoms with van der Waals surface area (Å²) in [6, 6.07) is 16.0. The van der Waals surface area contributed by atoms with Crippen molar-refractivity contribution in [3.05, 3.63) is 60.2 Å². The second-order valence-corrected chi connectivity index (χ2v) is 8.24. The van der Waals surface area contributed by atoms with Crippen molar-refractivity contribution in [2.45, 2.75) is 29.6 Å². The van der Waals surface area contributed by atoms with Crippen LogP contribution in [-0.2, 0) is 20.2 Å². The Balaban J connectivity index is 1.81. The Hall–Kier alpha value is -2.22. The zero-order chi connectivity index (χ0) is 18.6. The highest BCUT2D eigenvalue weighted by molar-refractivity contribution is 7.89. The van der Waals surface area contributed by atoms with Crippen molar-refractivity contribution < 1.29 is 13.2 Å².